The molecule has 154 valence electrons. The van der Waals surface area contributed by atoms with Gasteiger partial charge in [-0.15, -0.1) is 0 Å². The monoisotopic (exact) mass is 436 g/mol. The van der Waals surface area contributed by atoms with E-state index in [2.05, 4.69) is 0 Å². The van der Waals surface area contributed by atoms with Crippen LogP contribution in [0, 0.1) is 0 Å². The van der Waals surface area contributed by atoms with Gasteiger partial charge < -0.3 is 19.3 Å². The van der Waals surface area contributed by atoms with Crippen LogP contribution in [0.15, 0.2) is 42.5 Å². The number of rotatable bonds is 5. The number of methoxy groups -OCH3 is 1. The molecule has 1 heterocycles. The van der Waals surface area contributed by atoms with Crippen LogP contribution >= 0.6 is 23.2 Å². The second-order valence-corrected chi connectivity index (χ2v) is 7.46. The third-order valence-corrected chi connectivity index (χ3v) is 5.25. The zero-order chi connectivity index (χ0) is 20.8. The first-order chi connectivity index (χ1) is 14.0. The van der Waals surface area contributed by atoms with Crippen molar-refractivity contribution in [2.24, 2.45) is 0 Å². The largest absolute Gasteiger partial charge is 0.497 e. The summed E-state index contributed by atoms with van der Waals surface area (Å²) in [4.78, 5) is 28.8. The van der Waals surface area contributed by atoms with Crippen molar-refractivity contribution in [2.75, 3.05) is 39.9 Å². The van der Waals surface area contributed by atoms with E-state index in [0.717, 1.165) is 0 Å². The number of benzene rings is 2. The quantitative estimate of drug-likeness (QED) is 0.715. The van der Waals surface area contributed by atoms with Crippen LogP contribution in [0.4, 0.5) is 0 Å². The highest BCUT2D eigenvalue weighted by molar-refractivity contribution is 6.35. The Morgan fingerprint density at radius 1 is 0.966 bits per heavy atom. The molecule has 2 aromatic rings. The number of hydrogen-bond acceptors (Lipinski definition) is 4. The molecule has 8 heteroatoms. The van der Waals surface area contributed by atoms with Gasteiger partial charge in [0.2, 0.25) is 0 Å². The second-order valence-electron chi connectivity index (χ2n) is 6.62. The van der Waals surface area contributed by atoms with Crippen LogP contribution < -0.4 is 9.47 Å². The van der Waals surface area contributed by atoms with Gasteiger partial charge in [-0.05, 0) is 48.9 Å². The summed E-state index contributed by atoms with van der Waals surface area (Å²) < 4.78 is 10.7. The minimum absolute atomic E-state index is 0.0499. The second kappa shape index (κ2) is 9.85. The summed E-state index contributed by atoms with van der Waals surface area (Å²) >= 11 is 11.9. The predicted octanol–water partition coefficient (Wildman–Crippen LogP) is 3.76. The van der Waals surface area contributed by atoms with Crippen molar-refractivity contribution in [3.8, 4) is 11.5 Å². The fourth-order valence-electron chi connectivity index (χ4n) is 3.11. The Kier molecular flexibility index (Phi) is 7.23. The van der Waals surface area contributed by atoms with Crippen molar-refractivity contribution in [2.45, 2.75) is 6.42 Å². The zero-order valence-corrected chi connectivity index (χ0v) is 17.6. The number of amides is 2. The molecule has 1 saturated heterocycles. The molecule has 2 amide bonds. The van der Waals surface area contributed by atoms with Gasteiger partial charge in [0.1, 0.15) is 11.5 Å². The smallest absolute Gasteiger partial charge is 0.260 e. The van der Waals surface area contributed by atoms with Gasteiger partial charge in [0.25, 0.3) is 11.8 Å². The maximum absolute atomic E-state index is 12.7. The highest BCUT2D eigenvalue weighted by Gasteiger charge is 2.23. The number of carbonyl (C=O) groups is 2. The van der Waals surface area contributed by atoms with E-state index in [1.54, 1.807) is 59.4 Å². The minimum atomic E-state index is -0.144. The Hall–Kier alpha value is -2.44. The van der Waals surface area contributed by atoms with Crippen LogP contribution in [0.5, 0.6) is 11.5 Å². The van der Waals surface area contributed by atoms with Crippen molar-refractivity contribution in [1.82, 2.24) is 9.80 Å². The van der Waals surface area contributed by atoms with Gasteiger partial charge in [0, 0.05) is 36.8 Å². The van der Waals surface area contributed by atoms with Crippen molar-refractivity contribution in [3.05, 3.63) is 58.1 Å². The Labute approximate surface area is 179 Å². The molecule has 0 aliphatic carbocycles. The van der Waals surface area contributed by atoms with Crippen molar-refractivity contribution in [1.29, 1.82) is 0 Å². The van der Waals surface area contributed by atoms with Crippen molar-refractivity contribution in [3.63, 3.8) is 0 Å². The molecule has 0 atom stereocenters. The van der Waals surface area contributed by atoms with Crippen LogP contribution in [0.25, 0.3) is 0 Å². The molecule has 3 rings (SSSR count). The van der Waals surface area contributed by atoms with E-state index >= 15 is 0 Å². The van der Waals surface area contributed by atoms with Crippen LogP contribution in [0.1, 0.15) is 16.8 Å². The standard InChI is InChI=1S/C21H22Cl2N2O4/c1-28-17-6-3-15(4-7-17)21(27)25-10-2-9-24(11-12-25)20(26)14-29-19-8-5-16(22)13-18(19)23/h3-8,13H,2,9-12,14H2,1H3. The highest BCUT2D eigenvalue weighted by Crippen LogP contribution is 2.27. The molecule has 0 N–H and O–H groups in total. The molecule has 1 fully saturated rings. The number of hydrogen-bond donors (Lipinski definition) is 0. The topological polar surface area (TPSA) is 59.1 Å². The van der Waals surface area contributed by atoms with E-state index in [4.69, 9.17) is 32.7 Å². The Balaban J connectivity index is 1.54. The van der Waals surface area contributed by atoms with E-state index in [-0.39, 0.29) is 18.4 Å². The summed E-state index contributed by atoms with van der Waals surface area (Å²) in [5.74, 6) is 0.923. The van der Waals surface area contributed by atoms with E-state index in [1.807, 2.05) is 0 Å². The molecular formula is C21H22Cl2N2O4. The van der Waals surface area contributed by atoms with Crippen LogP contribution in [-0.4, -0.2) is 61.5 Å². The Bertz CT molecular complexity index is 873. The summed E-state index contributed by atoms with van der Waals surface area (Å²) in [6.45, 7) is 1.98. The third kappa shape index (κ3) is 5.55. The lowest BCUT2D eigenvalue weighted by atomic mass is 10.2. The van der Waals surface area contributed by atoms with E-state index in [1.165, 1.54) is 0 Å². The summed E-state index contributed by atoms with van der Waals surface area (Å²) in [5, 5.41) is 0.861. The average molecular weight is 437 g/mol. The molecule has 29 heavy (non-hydrogen) atoms. The maximum Gasteiger partial charge on any atom is 0.260 e. The van der Waals surface area contributed by atoms with Crippen LogP contribution in [0.3, 0.4) is 0 Å². The predicted molar refractivity (Wildman–Crippen MR) is 112 cm³/mol. The highest BCUT2D eigenvalue weighted by atomic mass is 35.5. The molecule has 2 aromatic carbocycles. The van der Waals surface area contributed by atoms with E-state index in [0.29, 0.717) is 59.7 Å². The Morgan fingerprint density at radius 3 is 2.34 bits per heavy atom. The van der Waals surface area contributed by atoms with Crippen LogP contribution in [0.2, 0.25) is 10.0 Å². The third-order valence-electron chi connectivity index (χ3n) is 4.72. The lowest BCUT2D eigenvalue weighted by Gasteiger charge is -2.22. The van der Waals surface area contributed by atoms with Gasteiger partial charge in [-0.25, -0.2) is 0 Å². The molecule has 0 radical (unpaired) electrons. The summed E-state index contributed by atoms with van der Waals surface area (Å²) in [6, 6.07) is 11.9. The first-order valence-corrected chi connectivity index (χ1v) is 10.0. The first kappa shape index (κ1) is 21.3. The van der Waals surface area contributed by atoms with Gasteiger partial charge >= 0.3 is 0 Å². The molecule has 0 unspecified atom stereocenters. The fraction of sp³-hybridized carbons (Fsp3) is 0.333. The molecule has 0 saturated carbocycles. The van der Waals surface area contributed by atoms with Crippen LogP contribution in [-0.2, 0) is 4.79 Å². The normalized spacial score (nSPS) is 14.3. The van der Waals surface area contributed by atoms with E-state index in [9.17, 15) is 9.59 Å². The summed E-state index contributed by atoms with van der Waals surface area (Å²) in [5.41, 5.74) is 0.603. The van der Waals surface area contributed by atoms with Gasteiger partial charge in [0.15, 0.2) is 6.61 Å². The van der Waals surface area contributed by atoms with Gasteiger partial charge in [-0.1, -0.05) is 23.2 Å². The van der Waals surface area contributed by atoms with Gasteiger partial charge in [0.05, 0.1) is 12.1 Å². The summed E-state index contributed by atoms with van der Waals surface area (Å²) in [6.07, 6.45) is 0.704. The molecule has 0 spiro atoms. The number of carbonyl (C=O) groups excluding carboxylic acids is 2. The number of halogens is 2. The minimum Gasteiger partial charge on any atom is -0.497 e. The lowest BCUT2D eigenvalue weighted by Crippen LogP contribution is -2.39. The van der Waals surface area contributed by atoms with Crippen molar-refractivity contribution >= 4 is 35.0 Å². The first-order valence-electron chi connectivity index (χ1n) is 9.27. The zero-order valence-electron chi connectivity index (χ0n) is 16.1. The SMILES string of the molecule is COc1ccc(C(=O)N2CCCN(C(=O)COc3ccc(Cl)cc3Cl)CC2)cc1. The fourth-order valence-corrected chi connectivity index (χ4v) is 3.57. The van der Waals surface area contributed by atoms with Gasteiger partial charge in [-0.3, -0.25) is 9.59 Å². The molecule has 0 bridgehead atoms. The Morgan fingerprint density at radius 2 is 1.66 bits per heavy atom. The number of nitrogens with zero attached hydrogens (tertiary/aromatic N) is 2. The molecule has 1 aliphatic rings. The molecular weight excluding hydrogens is 415 g/mol. The maximum atomic E-state index is 12.7. The molecule has 6 nitrogen and oxygen atoms in total. The molecule has 0 aromatic heterocycles. The summed E-state index contributed by atoms with van der Waals surface area (Å²) in [7, 11) is 1.59. The van der Waals surface area contributed by atoms with E-state index < -0.39 is 0 Å². The van der Waals surface area contributed by atoms with Crippen molar-refractivity contribution < 1.29 is 19.1 Å². The number of ether oxygens (including phenoxy) is 2. The lowest BCUT2D eigenvalue weighted by molar-refractivity contribution is -0.133. The van der Waals surface area contributed by atoms with Gasteiger partial charge in [-0.2, -0.15) is 0 Å². The molecule has 1 aliphatic heterocycles. The average Bonchev–Trinajstić information content (AvgIpc) is 2.99.